The molecule has 0 amide bonds. The zero-order chi connectivity index (χ0) is 15.9. The van der Waals surface area contributed by atoms with E-state index in [1.807, 2.05) is 0 Å². The number of carbonyl (C=O) groups is 2. The maximum absolute atomic E-state index is 12.0. The Kier molecular flexibility index (Phi) is 5.08. The third-order valence-electron chi connectivity index (χ3n) is 3.15. The van der Waals surface area contributed by atoms with E-state index in [1.165, 1.54) is 13.8 Å². The van der Waals surface area contributed by atoms with Gasteiger partial charge in [-0.2, -0.15) is 0 Å². The van der Waals surface area contributed by atoms with Gasteiger partial charge in [0.1, 0.15) is 0 Å². The van der Waals surface area contributed by atoms with E-state index in [9.17, 15) is 14.7 Å². The maximum Gasteiger partial charge on any atom is 0.337 e. The summed E-state index contributed by atoms with van der Waals surface area (Å²) in [6.07, 6.45) is 0. The van der Waals surface area contributed by atoms with Crippen LogP contribution in [0.25, 0.3) is 0 Å². The highest BCUT2D eigenvalue weighted by atomic mass is 35.5. The van der Waals surface area contributed by atoms with Crippen molar-refractivity contribution >= 4 is 58.3 Å². The minimum absolute atomic E-state index is 0.103. The molecule has 0 aliphatic heterocycles. The van der Waals surface area contributed by atoms with E-state index < -0.39 is 21.7 Å². The third kappa shape index (κ3) is 2.54. The number of carbonyl (C=O) groups excluding carboxylic acids is 1. The zero-order valence-corrected chi connectivity index (χ0v) is 13.9. The molecule has 0 fully saturated rings. The van der Waals surface area contributed by atoms with Crippen LogP contribution in [0.2, 0.25) is 0 Å². The molecule has 0 heterocycles. The summed E-state index contributed by atoms with van der Waals surface area (Å²) in [6, 6.07) is 0. The second kappa shape index (κ2) is 5.76. The molecule has 8 heteroatoms. The Labute approximate surface area is 136 Å². The molecule has 0 radical (unpaired) electrons. The summed E-state index contributed by atoms with van der Waals surface area (Å²) >= 11 is 24.5. The molecule has 1 rings (SSSR count). The molecule has 20 heavy (non-hydrogen) atoms. The summed E-state index contributed by atoms with van der Waals surface area (Å²) in [5.41, 5.74) is -0.522. The highest BCUT2D eigenvalue weighted by Crippen LogP contribution is 2.53. The first-order valence-electron chi connectivity index (χ1n) is 5.59. The molecule has 1 aliphatic rings. The summed E-state index contributed by atoms with van der Waals surface area (Å²) < 4.78 is 4.87. The van der Waals surface area contributed by atoms with Gasteiger partial charge >= 0.3 is 11.9 Å². The van der Waals surface area contributed by atoms with E-state index in [4.69, 9.17) is 51.1 Å². The molecule has 1 N–H and O–H groups in total. The number of halogens is 4. The van der Waals surface area contributed by atoms with E-state index in [1.54, 1.807) is 6.92 Å². The molecule has 2 atom stereocenters. The summed E-state index contributed by atoms with van der Waals surface area (Å²) in [5, 5.41) is 8.65. The number of rotatable bonds is 3. The van der Waals surface area contributed by atoms with Crippen LogP contribution in [0.4, 0.5) is 0 Å². The number of carboxylic acid groups (broad SMARTS) is 1. The van der Waals surface area contributed by atoms with Gasteiger partial charge in [-0.25, -0.2) is 9.59 Å². The number of esters is 1. The van der Waals surface area contributed by atoms with Crippen LogP contribution >= 0.6 is 46.4 Å². The van der Waals surface area contributed by atoms with Gasteiger partial charge in [-0.1, -0.05) is 23.2 Å². The molecule has 0 saturated heterocycles. The smallest absolute Gasteiger partial charge is 0.337 e. The van der Waals surface area contributed by atoms with Crippen molar-refractivity contribution in [2.45, 2.75) is 30.5 Å². The van der Waals surface area contributed by atoms with Crippen molar-refractivity contribution in [3.05, 3.63) is 21.2 Å². The minimum atomic E-state index is -1.64. The Morgan fingerprint density at radius 1 is 1.10 bits per heavy atom. The standard InChI is InChI=1S/C12H12Cl4O4/c1-4-20-10(19)6-8(14)7(13)5(9(17)18)11(2,15)12(6,3)16/h4H2,1-3H3,(H,17,18). The summed E-state index contributed by atoms with van der Waals surface area (Å²) in [5.74, 6) is -2.15. The fourth-order valence-corrected chi connectivity index (χ4v) is 3.24. The molecule has 1 aliphatic carbocycles. The molecule has 112 valence electrons. The van der Waals surface area contributed by atoms with Gasteiger partial charge < -0.3 is 9.84 Å². The Balaban J connectivity index is 3.66. The first-order valence-corrected chi connectivity index (χ1v) is 7.10. The fourth-order valence-electron chi connectivity index (χ4n) is 1.88. The van der Waals surface area contributed by atoms with Crippen LogP contribution in [0.5, 0.6) is 0 Å². The number of allylic oxidation sites excluding steroid dienone is 2. The summed E-state index contributed by atoms with van der Waals surface area (Å²) in [6.45, 7) is 4.46. The van der Waals surface area contributed by atoms with Crippen molar-refractivity contribution in [2.24, 2.45) is 0 Å². The van der Waals surface area contributed by atoms with Gasteiger partial charge in [-0.3, -0.25) is 0 Å². The second-order valence-corrected chi connectivity index (χ2v) is 6.68. The van der Waals surface area contributed by atoms with Crippen LogP contribution in [0, 0.1) is 0 Å². The Hall–Kier alpha value is -0.420. The Bertz CT molecular complexity index is 532. The monoisotopic (exact) mass is 360 g/mol. The van der Waals surface area contributed by atoms with Crippen LogP contribution in [0.15, 0.2) is 21.2 Å². The van der Waals surface area contributed by atoms with Crippen molar-refractivity contribution in [3.63, 3.8) is 0 Å². The quantitative estimate of drug-likeness (QED) is 0.615. The summed E-state index contributed by atoms with van der Waals surface area (Å²) in [4.78, 5) is 20.1. The van der Waals surface area contributed by atoms with Crippen molar-refractivity contribution in [1.82, 2.24) is 0 Å². The molecule has 0 spiro atoms. The SMILES string of the molecule is CCOC(=O)C1=C(Cl)C(Cl)=C(C(=O)O)C(C)(Cl)C1(C)Cl. The lowest BCUT2D eigenvalue weighted by Gasteiger charge is -2.42. The fraction of sp³-hybridized carbons (Fsp3) is 0.500. The first-order chi connectivity index (χ1) is 9.00. The largest absolute Gasteiger partial charge is 0.478 e. The molecule has 0 aromatic carbocycles. The van der Waals surface area contributed by atoms with Crippen LogP contribution < -0.4 is 0 Å². The van der Waals surface area contributed by atoms with E-state index in [0.29, 0.717) is 0 Å². The third-order valence-corrected chi connectivity index (χ3v) is 5.23. The lowest BCUT2D eigenvalue weighted by molar-refractivity contribution is -0.139. The van der Waals surface area contributed by atoms with E-state index >= 15 is 0 Å². The van der Waals surface area contributed by atoms with Gasteiger partial charge in [0.25, 0.3) is 0 Å². The van der Waals surface area contributed by atoms with Gasteiger partial charge in [0.05, 0.1) is 37.6 Å². The highest BCUT2D eigenvalue weighted by molar-refractivity contribution is 6.51. The number of carboxylic acids is 1. The number of hydrogen-bond donors (Lipinski definition) is 1. The maximum atomic E-state index is 12.0. The molecule has 0 aromatic heterocycles. The van der Waals surface area contributed by atoms with Gasteiger partial charge in [-0.05, 0) is 20.8 Å². The lowest BCUT2D eigenvalue weighted by atomic mass is 9.77. The Morgan fingerprint density at radius 3 is 1.90 bits per heavy atom. The van der Waals surface area contributed by atoms with E-state index in [0.717, 1.165) is 0 Å². The first kappa shape index (κ1) is 17.6. The minimum Gasteiger partial charge on any atom is -0.478 e. The molecular weight excluding hydrogens is 350 g/mol. The molecule has 0 bridgehead atoms. The van der Waals surface area contributed by atoms with E-state index in [2.05, 4.69) is 0 Å². The van der Waals surface area contributed by atoms with Crippen molar-refractivity contribution in [3.8, 4) is 0 Å². The number of aliphatic carboxylic acids is 1. The molecule has 4 nitrogen and oxygen atoms in total. The lowest BCUT2D eigenvalue weighted by Crippen LogP contribution is -2.50. The predicted octanol–water partition coefficient (Wildman–Crippen LogP) is 3.63. The molecule has 0 aromatic rings. The van der Waals surface area contributed by atoms with Crippen molar-refractivity contribution < 1.29 is 19.4 Å². The molecular formula is C12H12Cl4O4. The van der Waals surface area contributed by atoms with Gasteiger partial charge in [-0.15, -0.1) is 23.2 Å². The van der Waals surface area contributed by atoms with Crippen molar-refractivity contribution in [1.29, 1.82) is 0 Å². The molecule has 2 unspecified atom stereocenters. The van der Waals surface area contributed by atoms with Gasteiger partial charge in [0.2, 0.25) is 0 Å². The summed E-state index contributed by atoms with van der Waals surface area (Å²) in [7, 11) is 0. The van der Waals surface area contributed by atoms with Crippen LogP contribution in [-0.4, -0.2) is 33.4 Å². The van der Waals surface area contributed by atoms with Crippen LogP contribution in [0.3, 0.4) is 0 Å². The van der Waals surface area contributed by atoms with Gasteiger partial charge in [0, 0.05) is 0 Å². The van der Waals surface area contributed by atoms with E-state index in [-0.39, 0.29) is 27.8 Å². The van der Waals surface area contributed by atoms with Crippen LogP contribution in [0.1, 0.15) is 20.8 Å². The average Bonchev–Trinajstić information content (AvgIpc) is 2.26. The topological polar surface area (TPSA) is 63.6 Å². The van der Waals surface area contributed by atoms with Crippen molar-refractivity contribution in [2.75, 3.05) is 6.61 Å². The predicted molar refractivity (Wildman–Crippen MR) is 78.5 cm³/mol. The number of ether oxygens (including phenoxy) is 1. The zero-order valence-electron chi connectivity index (χ0n) is 10.9. The average molecular weight is 362 g/mol. The number of alkyl halides is 2. The van der Waals surface area contributed by atoms with Gasteiger partial charge in [0.15, 0.2) is 0 Å². The normalized spacial score (nSPS) is 30.6. The Morgan fingerprint density at radius 2 is 1.50 bits per heavy atom. The highest BCUT2D eigenvalue weighted by Gasteiger charge is 2.57. The van der Waals surface area contributed by atoms with Crippen LogP contribution in [-0.2, 0) is 14.3 Å². The second-order valence-electron chi connectivity index (χ2n) is 4.41. The number of hydrogen-bond acceptors (Lipinski definition) is 3. The molecule has 0 saturated carbocycles.